The van der Waals surface area contributed by atoms with Crippen LogP contribution in [0.3, 0.4) is 0 Å². The van der Waals surface area contributed by atoms with Crippen molar-refractivity contribution in [1.29, 1.82) is 0 Å². The molecule has 0 aromatic rings. The Bertz CT molecular complexity index is 315. The van der Waals surface area contributed by atoms with Gasteiger partial charge >= 0.3 is 0 Å². The van der Waals surface area contributed by atoms with E-state index in [9.17, 15) is 8.42 Å². The van der Waals surface area contributed by atoms with Crippen molar-refractivity contribution in [2.24, 2.45) is 5.92 Å². The molecule has 5 heteroatoms. The quantitative estimate of drug-likeness (QED) is 0.721. The third-order valence-corrected chi connectivity index (χ3v) is 6.11. The Hall–Kier alpha value is 0.260. The molecule has 2 aliphatic heterocycles. The molecule has 2 rings (SSSR count). The topological polar surface area (TPSA) is 37.4 Å². The van der Waals surface area contributed by atoms with Gasteiger partial charge in [0.2, 0.25) is 0 Å². The summed E-state index contributed by atoms with van der Waals surface area (Å²) in [6.07, 6.45) is 0.863. The number of nitrogens with zero attached hydrogens (tertiary/aromatic N) is 1. The second kappa shape index (κ2) is 3.68. The Morgan fingerprint density at radius 2 is 2.29 bits per heavy atom. The molecule has 2 aliphatic rings. The first-order valence-corrected chi connectivity index (χ1v) is 7.44. The summed E-state index contributed by atoms with van der Waals surface area (Å²) in [4.78, 5) is 2.33. The molecule has 82 valence electrons. The van der Waals surface area contributed by atoms with Crippen molar-refractivity contribution in [2.45, 2.75) is 24.6 Å². The van der Waals surface area contributed by atoms with E-state index in [1.807, 2.05) is 0 Å². The molecule has 2 bridgehead atoms. The molecular weight excluding hydrogens is 218 g/mol. The standard InChI is InChI=1S/C9H17NO2S2/c1-7(5-13)3-10-4-9-2-8(10)6-14(9,11)12/h7-9,13H,2-6H2,1H3. The van der Waals surface area contributed by atoms with Gasteiger partial charge in [0.1, 0.15) is 0 Å². The summed E-state index contributed by atoms with van der Waals surface area (Å²) in [6, 6.07) is 0.298. The molecule has 0 aliphatic carbocycles. The van der Waals surface area contributed by atoms with Crippen molar-refractivity contribution in [2.75, 3.05) is 24.6 Å². The fraction of sp³-hybridized carbons (Fsp3) is 1.00. The van der Waals surface area contributed by atoms with Crippen LogP contribution in [0.4, 0.5) is 0 Å². The van der Waals surface area contributed by atoms with E-state index in [0.29, 0.717) is 17.7 Å². The Labute approximate surface area is 91.2 Å². The van der Waals surface area contributed by atoms with E-state index in [-0.39, 0.29) is 5.25 Å². The number of hydrogen-bond donors (Lipinski definition) is 1. The van der Waals surface area contributed by atoms with Gasteiger partial charge in [0.15, 0.2) is 9.84 Å². The molecule has 0 radical (unpaired) electrons. The van der Waals surface area contributed by atoms with E-state index >= 15 is 0 Å². The molecule has 3 atom stereocenters. The average Bonchev–Trinajstić information content (AvgIpc) is 2.59. The number of thiol groups is 1. The second-order valence-electron chi connectivity index (χ2n) is 4.58. The highest BCUT2D eigenvalue weighted by Crippen LogP contribution is 2.33. The van der Waals surface area contributed by atoms with Crippen LogP contribution in [-0.4, -0.2) is 49.2 Å². The molecule has 3 nitrogen and oxygen atoms in total. The predicted molar refractivity (Wildman–Crippen MR) is 60.6 cm³/mol. The van der Waals surface area contributed by atoms with Crippen LogP contribution < -0.4 is 0 Å². The fourth-order valence-electron chi connectivity index (χ4n) is 2.46. The minimum absolute atomic E-state index is 0.0698. The molecule has 2 saturated heterocycles. The summed E-state index contributed by atoms with van der Waals surface area (Å²) in [5.41, 5.74) is 0. The number of likely N-dealkylation sites (tertiary alicyclic amines) is 1. The summed E-state index contributed by atoms with van der Waals surface area (Å²) in [5.74, 6) is 1.82. The SMILES string of the molecule is CC(CS)CN1CC2CC1CS2(=O)=O. The third-order valence-electron chi connectivity index (χ3n) is 3.28. The molecule has 0 aromatic carbocycles. The first-order chi connectivity index (χ1) is 6.53. The van der Waals surface area contributed by atoms with E-state index in [1.54, 1.807) is 0 Å². The lowest BCUT2D eigenvalue weighted by Crippen LogP contribution is -2.42. The van der Waals surface area contributed by atoms with Crippen LogP contribution >= 0.6 is 12.6 Å². The molecule has 0 saturated carbocycles. The summed E-state index contributed by atoms with van der Waals surface area (Å²) in [7, 11) is -2.72. The largest absolute Gasteiger partial charge is 0.298 e. The van der Waals surface area contributed by atoms with Crippen LogP contribution in [0.25, 0.3) is 0 Å². The molecule has 2 fully saturated rings. The maximum atomic E-state index is 11.5. The summed E-state index contributed by atoms with van der Waals surface area (Å²) in [5, 5.41) is -0.0698. The zero-order chi connectivity index (χ0) is 10.3. The molecule has 0 amide bonds. The van der Waals surface area contributed by atoms with Gasteiger partial charge in [-0.3, -0.25) is 4.90 Å². The van der Waals surface area contributed by atoms with Crippen LogP contribution in [0, 0.1) is 5.92 Å². The van der Waals surface area contributed by atoms with Gasteiger partial charge in [-0.25, -0.2) is 8.42 Å². The van der Waals surface area contributed by atoms with E-state index < -0.39 is 9.84 Å². The van der Waals surface area contributed by atoms with Gasteiger partial charge < -0.3 is 0 Å². The number of fused-ring (bicyclic) bond motifs is 2. The first kappa shape index (κ1) is 10.8. The first-order valence-electron chi connectivity index (χ1n) is 5.09. The average molecular weight is 235 g/mol. The van der Waals surface area contributed by atoms with Gasteiger partial charge in [0.25, 0.3) is 0 Å². The predicted octanol–water partition coefficient (Wildman–Crippen LogP) is 0.424. The Morgan fingerprint density at radius 3 is 2.71 bits per heavy atom. The van der Waals surface area contributed by atoms with Gasteiger partial charge in [-0.2, -0.15) is 12.6 Å². The maximum Gasteiger partial charge on any atom is 0.156 e. The van der Waals surface area contributed by atoms with Crippen molar-refractivity contribution in [3.8, 4) is 0 Å². The van der Waals surface area contributed by atoms with Gasteiger partial charge in [0.05, 0.1) is 11.0 Å². The fourth-order valence-corrected chi connectivity index (χ4v) is 4.66. The van der Waals surface area contributed by atoms with Crippen LogP contribution in [-0.2, 0) is 9.84 Å². The normalized spacial score (nSPS) is 37.6. The van der Waals surface area contributed by atoms with E-state index in [2.05, 4.69) is 24.5 Å². The number of hydrogen-bond acceptors (Lipinski definition) is 4. The van der Waals surface area contributed by atoms with E-state index in [1.165, 1.54) is 0 Å². The highest BCUT2D eigenvalue weighted by molar-refractivity contribution is 7.92. The molecule has 3 unspecified atom stereocenters. The van der Waals surface area contributed by atoms with Crippen LogP contribution in [0.5, 0.6) is 0 Å². The van der Waals surface area contributed by atoms with Crippen molar-refractivity contribution in [3.05, 3.63) is 0 Å². The van der Waals surface area contributed by atoms with Crippen molar-refractivity contribution in [1.82, 2.24) is 4.90 Å². The highest BCUT2D eigenvalue weighted by Gasteiger charge is 2.48. The van der Waals surface area contributed by atoms with Crippen LogP contribution in [0.1, 0.15) is 13.3 Å². The van der Waals surface area contributed by atoms with Crippen LogP contribution in [0.15, 0.2) is 0 Å². The van der Waals surface area contributed by atoms with Gasteiger partial charge in [-0.15, -0.1) is 0 Å². The Morgan fingerprint density at radius 1 is 1.57 bits per heavy atom. The molecule has 0 aromatic heterocycles. The van der Waals surface area contributed by atoms with E-state index in [0.717, 1.165) is 25.3 Å². The molecule has 0 spiro atoms. The summed E-state index contributed by atoms with van der Waals surface area (Å²) >= 11 is 4.25. The molecule has 14 heavy (non-hydrogen) atoms. The second-order valence-corrected chi connectivity index (χ2v) is 7.27. The van der Waals surface area contributed by atoms with Gasteiger partial charge in [-0.1, -0.05) is 6.92 Å². The highest BCUT2D eigenvalue weighted by atomic mass is 32.2. The van der Waals surface area contributed by atoms with Crippen molar-refractivity contribution in [3.63, 3.8) is 0 Å². The Kier molecular flexibility index (Phi) is 2.83. The molecular formula is C9H17NO2S2. The van der Waals surface area contributed by atoms with Crippen molar-refractivity contribution < 1.29 is 8.42 Å². The van der Waals surface area contributed by atoms with Gasteiger partial charge in [-0.05, 0) is 18.1 Å². The smallest absolute Gasteiger partial charge is 0.156 e. The lowest BCUT2D eigenvalue weighted by Gasteiger charge is -2.28. The lowest BCUT2D eigenvalue weighted by molar-refractivity contribution is 0.238. The minimum Gasteiger partial charge on any atom is -0.298 e. The molecule has 0 N–H and O–H groups in total. The van der Waals surface area contributed by atoms with Crippen molar-refractivity contribution >= 4 is 22.5 Å². The number of rotatable bonds is 3. The zero-order valence-corrected chi connectivity index (χ0v) is 10.1. The Balaban J connectivity index is 1.97. The maximum absolute atomic E-state index is 11.5. The van der Waals surface area contributed by atoms with E-state index in [4.69, 9.17) is 0 Å². The monoisotopic (exact) mass is 235 g/mol. The van der Waals surface area contributed by atoms with Gasteiger partial charge in [0, 0.05) is 19.1 Å². The van der Waals surface area contributed by atoms with Crippen LogP contribution in [0.2, 0.25) is 0 Å². The summed E-state index contributed by atoms with van der Waals surface area (Å²) in [6.45, 7) is 3.92. The zero-order valence-electron chi connectivity index (χ0n) is 8.39. The minimum atomic E-state index is -2.72. The third kappa shape index (κ3) is 1.82. The lowest BCUT2D eigenvalue weighted by atomic mass is 10.2. The summed E-state index contributed by atoms with van der Waals surface area (Å²) < 4.78 is 23.0. The molecule has 2 heterocycles. The number of sulfone groups is 1.